The molecule has 0 aliphatic heterocycles. The summed E-state index contributed by atoms with van der Waals surface area (Å²) in [5.74, 6) is -0.221. The van der Waals surface area contributed by atoms with Gasteiger partial charge in [0.25, 0.3) is 5.91 Å². The molecule has 7 heteroatoms. The van der Waals surface area contributed by atoms with Gasteiger partial charge in [-0.3, -0.25) is 4.79 Å². The number of carbonyl (C=O) groups excluding carboxylic acids is 2. The third-order valence-corrected chi connectivity index (χ3v) is 5.61. The van der Waals surface area contributed by atoms with E-state index >= 15 is 0 Å². The van der Waals surface area contributed by atoms with Gasteiger partial charge in [0.1, 0.15) is 0 Å². The number of rotatable bonds is 10. The lowest BCUT2D eigenvalue weighted by Crippen LogP contribution is -2.32. The number of urea groups is 1. The molecule has 0 bridgehead atoms. The Morgan fingerprint density at radius 3 is 2.48 bits per heavy atom. The normalized spacial score (nSPS) is 10.6. The van der Waals surface area contributed by atoms with E-state index in [0.717, 1.165) is 41.8 Å². The van der Waals surface area contributed by atoms with Gasteiger partial charge < -0.3 is 20.5 Å². The Hall–Kier alpha value is -3.61. The molecule has 1 heterocycles. The number of aromatic nitrogens is 2. The predicted molar refractivity (Wildman–Crippen MR) is 132 cm³/mol. The summed E-state index contributed by atoms with van der Waals surface area (Å²) in [6.07, 6.45) is 4.90. The monoisotopic (exact) mass is 447 g/mol. The van der Waals surface area contributed by atoms with Gasteiger partial charge in [0, 0.05) is 30.9 Å². The molecule has 0 aliphatic carbocycles. The maximum atomic E-state index is 12.9. The number of anilines is 1. The largest absolute Gasteiger partial charge is 0.350 e. The van der Waals surface area contributed by atoms with Gasteiger partial charge in [0.15, 0.2) is 0 Å². The summed E-state index contributed by atoms with van der Waals surface area (Å²) in [6.45, 7) is 7.68. The fourth-order valence-electron chi connectivity index (χ4n) is 3.69. The highest BCUT2D eigenvalue weighted by Crippen LogP contribution is 2.22. The summed E-state index contributed by atoms with van der Waals surface area (Å²) in [6, 6.07) is 15.2. The van der Waals surface area contributed by atoms with Crippen LogP contribution in [-0.4, -0.2) is 34.6 Å². The Bertz CT molecular complexity index is 1080. The lowest BCUT2D eigenvalue weighted by Gasteiger charge is -2.15. The van der Waals surface area contributed by atoms with Crippen molar-refractivity contribution in [2.24, 2.45) is 0 Å². The summed E-state index contributed by atoms with van der Waals surface area (Å²) >= 11 is 0. The quantitative estimate of drug-likeness (QED) is 0.386. The Kier molecular flexibility index (Phi) is 8.63. The number of hydrogen-bond acceptors (Lipinski definition) is 3. The first-order valence-electron chi connectivity index (χ1n) is 11.5. The van der Waals surface area contributed by atoms with E-state index in [4.69, 9.17) is 0 Å². The van der Waals surface area contributed by atoms with Crippen LogP contribution in [0.15, 0.2) is 54.9 Å². The molecule has 3 N–H and O–H groups in total. The molecule has 0 spiro atoms. The van der Waals surface area contributed by atoms with Gasteiger partial charge in [-0.25, -0.2) is 9.78 Å². The van der Waals surface area contributed by atoms with Gasteiger partial charge in [-0.2, -0.15) is 0 Å². The van der Waals surface area contributed by atoms with Gasteiger partial charge in [0.2, 0.25) is 0 Å². The molecule has 7 nitrogen and oxygen atoms in total. The van der Waals surface area contributed by atoms with Crippen molar-refractivity contribution in [3.8, 4) is 11.3 Å². The van der Waals surface area contributed by atoms with E-state index in [0.29, 0.717) is 30.9 Å². The Morgan fingerprint density at radius 1 is 0.939 bits per heavy atom. The molecular formula is C26H33N5O2. The number of nitrogens with one attached hydrogen (secondary N) is 3. The first-order valence-corrected chi connectivity index (χ1v) is 11.5. The van der Waals surface area contributed by atoms with E-state index in [1.165, 1.54) is 0 Å². The van der Waals surface area contributed by atoms with Crippen LogP contribution in [-0.2, 0) is 6.54 Å². The minimum absolute atomic E-state index is 0.221. The summed E-state index contributed by atoms with van der Waals surface area (Å²) in [7, 11) is 0. The Labute approximate surface area is 195 Å². The van der Waals surface area contributed by atoms with Gasteiger partial charge in [0.05, 0.1) is 23.3 Å². The average molecular weight is 448 g/mol. The van der Waals surface area contributed by atoms with Crippen LogP contribution < -0.4 is 16.0 Å². The maximum absolute atomic E-state index is 12.9. The number of amides is 3. The van der Waals surface area contributed by atoms with Crippen molar-refractivity contribution >= 4 is 17.6 Å². The van der Waals surface area contributed by atoms with Crippen LogP contribution in [0.2, 0.25) is 0 Å². The molecule has 0 radical (unpaired) electrons. The number of imidazole rings is 1. The average Bonchev–Trinajstić information content (AvgIpc) is 3.18. The summed E-state index contributed by atoms with van der Waals surface area (Å²) < 4.78 is 2.03. The van der Waals surface area contributed by atoms with Crippen molar-refractivity contribution < 1.29 is 9.59 Å². The summed E-state index contributed by atoms with van der Waals surface area (Å²) in [5, 5.41) is 8.67. The molecule has 1 aromatic heterocycles. The van der Waals surface area contributed by atoms with Crippen molar-refractivity contribution in [3.05, 3.63) is 71.7 Å². The molecule has 3 aromatic rings. The van der Waals surface area contributed by atoms with Crippen LogP contribution in [0.3, 0.4) is 0 Å². The number of unbranched alkanes of at least 4 members (excludes halogenated alkanes) is 2. The Morgan fingerprint density at radius 2 is 1.73 bits per heavy atom. The van der Waals surface area contributed by atoms with Crippen molar-refractivity contribution in [1.29, 1.82) is 0 Å². The molecule has 0 aliphatic rings. The highest BCUT2D eigenvalue weighted by Gasteiger charge is 2.15. The van der Waals surface area contributed by atoms with Crippen LogP contribution in [0.25, 0.3) is 11.3 Å². The number of benzene rings is 2. The molecule has 0 unspecified atom stereocenters. The van der Waals surface area contributed by atoms with E-state index in [2.05, 4.69) is 27.9 Å². The van der Waals surface area contributed by atoms with Crippen LogP contribution >= 0.6 is 0 Å². The van der Waals surface area contributed by atoms with Crippen molar-refractivity contribution in [1.82, 2.24) is 20.2 Å². The maximum Gasteiger partial charge on any atom is 0.319 e. The Balaban J connectivity index is 1.59. The zero-order chi connectivity index (χ0) is 23.6. The van der Waals surface area contributed by atoms with Crippen LogP contribution in [0.1, 0.15) is 47.8 Å². The number of hydrogen-bond donors (Lipinski definition) is 3. The van der Waals surface area contributed by atoms with Crippen molar-refractivity contribution in [3.63, 3.8) is 0 Å². The van der Waals surface area contributed by atoms with Crippen molar-refractivity contribution in [2.45, 2.75) is 46.6 Å². The van der Waals surface area contributed by atoms with E-state index in [-0.39, 0.29) is 11.9 Å². The molecule has 0 saturated carbocycles. The lowest BCUT2D eigenvalue weighted by molar-refractivity contribution is 0.0953. The second kappa shape index (κ2) is 11.9. The second-order valence-electron chi connectivity index (χ2n) is 8.08. The zero-order valence-electron chi connectivity index (χ0n) is 19.6. The summed E-state index contributed by atoms with van der Waals surface area (Å²) in [5.41, 5.74) is 4.88. The number of para-hydroxylation sites is 1. The molecule has 3 rings (SSSR count). The first kappa shape index (κ1) is 24.0. The van der Waals surface area contributed by atoms with Crippen LogP contribution in [0, 0.1) is 13.8 Å². The van der Waals surface area contributed by atoms with Gasteiger partial charge in [-0.1, -0.05) is 62.2 Å². The first-order chi connectivity index (χ1) is 16.0. The fraction of sp³-hybridized carbons (Fsp3) is 0.346. The summed E-state index contributed by atoms with van der Waals surface area (Å²) in [4.78, 5) is 29.7. The fourth-order valence-corrected chi connectivity index (χ4v) is 3.69. The number of nitrogens with zero attached hydrogens (tertiary/aromatic N) is 2. The van der Waals surface area contributed by atoms with Gasteiger partial charge in [-0.05, 0) is 31.9 Å². The van der Waals surface area contributed by atoms with E-state index in [9.17, 15) is 9.59 Å². The van der Waals surface area contributed by atoms with E-state index < -0.39 is 0 Å². The number of aryl methyl sites for hydroxylation is 1. The van der Waals surface area contributed by atoms with E-state index in [1.54, 1.807) is 12.4 Å². The molecule has 3 amide bonds. The minimum atomic E-state index is -0.295. The second-order valence-corrected chi connectivity index (χ2v) is 8.08. The molecule has 33 heavy (non-hydrogen) atoms. The third-order valence-electron chi connectivity index (χ3n) is 5.61. The molecule has 0 atom stereocenters. The minimum Gasteiger partial charge on any atom is -0.350 e. The van der Waals surface area contributed by atoms with Crippen LogP contribution in [0.4, 0.5) is 10.5 Å². The third kappa shape index (κ3) is 6.44. The molecule has 0 saturated heterocycles. The molecule has 174 valence electrons. The highest BCUT2D eigenvalue weighted by molar-refractivity contribution is 6.04. The van der Waals surface area contributed by atoms with Crippen molar-refractivity contribution in [2.75, 3.05) is 18.4 Å². The topological polar surface area (TPSA) is 88.0 Å². The van der Waals surface area contributed by atoms with E-state index in [1.807, 2.05) is 60.9 Å². The van der Waals surface area contributed by atoms with Gasteiger partial charge >= 0.3 is 6.03 Å². The smallest absolute Gasteiger partial charge is 0.319 e. The number of carbonyl (C=O) groups is 2. The van der Waals surface area contributed by atoms with Gasteiger partial charge in [-0.15, -0.1) is 0 Å². The molecule has 0 fully saturated rings. The SMILES string of the molecule is CCCCCNC(=O)Nc1c(C)cccc1C(=O)NCCn1cnc(-c2ccccc2)c1C. The standard InChI is InChI=1S/C26H33N5O2/c1-4-5-9-15-28-26(33)30-23-19(2)11-10-14-22(23)25(32)27-16-17-31-18-29-24(20(31)3)21-12-7-6-8-13-21/h6-8,10-14,18H,4-5,9,15-17H2,1-3H3,(H,27,32)(H2,28,30,33). The zero-order valence-corrected chi connectivity index (χ0v) is 19.6. The lowest BCUT2D eigenvalue weighted by atomic mass is 10.1. The van der Waals surface area contributed by atoms with Crippen LogP contribution in [0.5, 0.6) is 0 Å². The highest BCUT2D eigenvalue weighted by atomic mass is 16.2. The molecule has 2 aromatic carbocycles. The predicted octanol–water partition coefficient (Wildman–Crippen LogP) is 4.91. The molecular weight excluding hydrogens is 414 g/mol.